The molecule has 2 heterocycles. The zero-order valence-corrected chi connectivity index (χ0v) is 18.3. The number of halogens is 3. The standard InChI is InChI=1S/C24H23BF3N3O3/c25-22(33)30-13-18(9-19(30)11-26)29-23(34)31-12-15(20-8-17(27)6-7-21(20)28)10-24(31,14-32)16-4-2-1-3-5-16/h1-8,10,18-19,32H,9,11-14H2,(H,29,34)/t18-,19-,24+/m0/s1. The topological polar surface area (TPSA) is 72.9 Å². The van der Waals surface area contributed by atoms with Gasteiger partial charge in [-0.3, -0.25) is 4.79 Å². The van der Waals surface area contributed by atoms with Crippen molar-refractivity contribution in [1.82, 2.24) is 15.1 Å². The second-order valence-electron chi connectivity index (χ2n) is 8.51. The number of hydrogen-bond donors (Lipinski definition) is 2. The van der Waals surface area contributed by atoms with Gasteiger partial charge in [-0.25, -0.2) is 18.0 Å². The van der Waals surface area contributed by atoms with Crippen LogP contribution in [-0.4, -0.2) is 73.0 Å². The number of carbonyl (C=O) groups excluding carboxylic acids is 2. The van der Waals surface area contributed by atoms with Crippen molar-refractivity contribution in [3.05, 3.63) is 77.4 Å². The zero-order valence-electron chi connectivity index (χ0n) is 18.3. The van der Waals surface area contributed by atoms with Crippen molar-refractivity contribution in [3.63, 3.8) is 0 Å². The van der Waals surface area contributed by atoms with E-state index in [1.807, 2.05) is 0 Å². The van der Waals surface area contributed by atoms with Gasteiger partial charge in [-0.2, -0.15) is 0 Å². The van der Waals surface area contributed by atoms with Crippen LogP contribution in [0.4, 0.5) is 22.8 Å². The highest BCUT2D eigenvalue weighted by atomic mass is 19.1. The molecular weight excluding hydrogens is 446 g/mol. The second kappa shape index (κ2) is 9.54. The maximum atomic E-state index is 14.6. The van der Waals surface area contributed by atoms with Gasteiger partial charge in [0, 0.05) is 18.7 Å². The van der Waals surface area contributed by atoms with Crippen LogP contribution < -0.4 is 5.32 Å². The van der Waals surface area contributed by atoms with Crippen LogP contribution >= 0.6 is 0 Å². The lowest BCUT2D eigenvalue weighted by molar-refractivity contribution is 0.103. The number of rotatable bonds is 5. The van der Waals surface area contributed by atoms with E-state index in [0.29, 0.717) is 11.1 Å². The largest absolute Gasteiger partial charge is 0.393 e. The molecule has 0 unspecified atom stereocenters. The molecule has 0 spiro atoms. The predicted molar refractivity (Wildman–Crippen MR) is 121 cm³/mol. The van der Waals surface area contributed by atoms with Crippen molar-refractivity contribution in [1.29, 1.82) is 0 Å². The maximum absolute atomic E-state index is 14.6. The molecule has 3 amide bonds. The Labute approximate surface area is 196 Å². The molecule has 0 aromatic heterocycles. The Bertz CT molecular complexity index is 1120. The van der Waals surface area contributed by atoms with E-state index in [2.05, 4.69) is 5.32 Å². The van der Waals surface area contributed by atoms with E-state index in [-0.39, 0.29) is 25.1 Å². The summed E-state index contributed by atoms with van der Waals surface area (Å²) < 4.78 is 41.8. The number of aliphatic hydroxyl groups excluding tert-OH is 1. The number of urea groups is 1. The highest BCUT2D eigenvalue weighted by Gasteiger charge is 2.46. The lowest BCUT2D eigenvalue weighted by atomic mass is 9.89. The minimum atomic E-state index is -1.35. The molecule has 0 bridgehead atoms. The van der Waals surface area contributed by atoms with Gasteiger partial charge in [-0.15, -0.1) is 0 Å². The average Bonchev–Trinajstić information content (AvgIpc) is 3.43. The van der Waals surface area contributed by atoms with Crippen LogP contribution in [0.3, 0.4) is 0 Å². The molecule has 2 radical (unpaired) electrons. The molecule has 4 rings (SSSR count). The van der Waals surface area contributed by atoms with Crippen molar-refractivity contribution in [2.24, 2.45) is 0 Å². The Balaban J connectivity index is 1.67. The molecule has 34 heavy (non-hydrogen) atoms. The third-order valence-electron chi connectivity index (χ3n) is 6.46. The van der Waals surface area contributed by atoms with Gasteiger partial charge in [0.1, 0.15) is 23.8 Å². The Hall–Kier alpha value is -3.27. The fourth-order valence-corrected chi connectivity index (χ4v) is 4.76. The molecule has 2 aliphatic heterocycles. The summed E-state index contributed by atoms with van der Waals surface area (Å²) in [6.45, 7) is -1.38. The van der Waals surface area contributed by atoms with E-state index in [4.69, 9.17) is 7.85 Å². The van der Waals surface area contributed by atoms with Crippen LogP contribution in [0, 0.1) is 11.6 Å². The molecule has 0 saturated carbocycles. The van der Waals surface area contributed by atoms with Crippen LogP contribution in [0.2, 0.25) is 0 Å². The van der Waals surface area contributed by atoms with E-state index < -0.39 is 54.4 Å². The second-order valence-corrected chi connectivity index (χ2v) is 8.51. The molecule has 6 nitrogen and oxygen atoms in total. The van der Waals surface area contributed by atoms with Gasteiger partial charge in [0.05, 0.1) is 18.7 Å². The van der Waals surface area contributed by atoms with Gasteiger partial charge in [0.25, 0.3) is 0 Å². The Kier molecular flexibility index (Phi) is 6.70. The molecule has 1 saturated heterocycles. The summed E-state index contributed by atoms with van der Waals surface area (Å²) >= 11 is 0. The summed E-state index contributed by atoms with van der Waals surface area (Å²) in [6.07, 6.45) is 1.74. The number of benzene rings is 2. The molecule has 176 valence electrons. The van der Waals surface area contributed by atoms with Crippen LogP contribution in [0.5, 0.6) is 0 Å². The normalized spacial score (nSPS) is 24.3. The fraction of sp³-hybridized carbons (Fsp3) is 0.333. The van der Waals surface area contributed by atoms with Gasteiger partial charge in [0.15, 0.2) is 5.81 Å². The number of nitrogens with one attached hydrogen (secondary N) is 1. The maximum Gasteiger partial charge on any atom is 0.319 e. The van der Waals surface area contributed by atoms with Crippen molar-refractivity contribution in [2.45, 2.75) is 24.0 Å². The SMILES string of the molecule is [B]C(=O)N1C[C@@H](NC(=O)N2CC(c3cc(F)ccc3F)=C[C@@]2(CO)c2ccccc2)C[C@H]1CF. The van der Waals surface area contributed by atoms with Crippen molar-refractivity contribution < 1.29 is 27.9 Å². The van der Waals surface area contributed by atoms with Gasteiger partial charge >= 0.3 is 6.03 Å². The van der Waals surface area contributed by atoms with Crippen LogP contribution in [0.1, 0.15) is 17.5 Å². The summed E-state index contributed by atoms with van der Waals surface area (Å²) in [5.41, 5.74) is -0.452. The van der Waals surface area contributed by atoms with Crippen LogP contribution in [-0.2, 0) is 5.54 Å². The summed E-state index contributed by atoms with van der Waals surface area (Å²) in [6, 6.07) is 9.85. The number of hydrogen-bond acceptors (Lipinski definition) is 3. The zero-order chi connectivity index (χ0) is 24.5. The van der Waals surface area contributed by atoms with Gasteiger partial charge in [0.2, 0.25) is 7.85 Å². The first-order valence-electron chi connectivity index (χ1n) is 10.8. The Morgan fingerprint density at radius 2 is 1.91 bits per heavy atom. The molecule has 1 fully saturated rings. The van der Waals surface area contributed by atoms with E-state index >= 15 is 0 Å². The molecular formula is C24H23BF3N3O3. The summed E-state index contributed by atoms with van der Waals surface area (Å²) in [5, 5.41) is 13.3. The third-order valence-corrected chi connectivity index (χ3v) is 6.46. The Morgan fingerprint density at radius 3 is 2.53 bits per heavy atom. The van der Waals surface area contributed by atoms with Crippen molar-refractivity contribution >= 4 is 25.3 Å². The molecule has 0 aliphatic carbocycles. The molecule has 2 aromatic carbocycles. The van der Waals surface area contributed by atoms with Crippen molar-refractivity contribution in [3.8, 4) is 0 Å². The average molecular weight is 469 g/mol. The first kappa shape index (κ1) is 23.9. The number of alkyl halides is 1. The summed E-state index contributed by atoms with van der Waals surface area (Å²) in [7, 11) is 5.32. The first-order valence-corrected chi connectivity index (χ1v) is 10.8. The number of aliphatic hydroxyl groups is 1. The van der Waals surface area contributed by atoms with E-state index in [0.717, 1.165) is 23.1 Å². The number of amides is 3. The highest BCUT2D eigenvalue weighted by molar-refractivity contribution is 6.57. The predicted octanol–water partition coefficient (Wildman–Crippen LogP) is 2.96. The van der Waals surface area contributed by atoms with Gasteiger partial charge in [-0.05, 0) is 41.8 Å². The summed E-state index contributed by atoms with van der Waals surface area (Å²) in [5.74, 6) is -2.07. The fourth-order valence-electron chi connectivity index (χ4n) is 4.76. The van der Waals surface area contributed by atoms with E-state index in [1.54, 1.807) is 36.4 Å². The smallest absolute Gasteiger partial charge is 0.319 e. The quantitative estimate of drug-likeness (QED) is 0.662. The number of likely N-dealkylation sites (tertiary alicyclic amines) is 1. The highest BCUT2D eigenvalue weighted by Crippen LogP contribution is 2.41. The lowest BCUT2D eigenvalue weighted by Crippen LogP contribution is -2.54. The minimum Gasteiger partial charge on any atom is -0.393 e. The minimum absolute atomic E-state index is 0.0117. The van der Waals surface area contributed by atoms with Crippen LogP contribution in [0.15, 0.2) is 54.6 Å². The van der Waals surface area contributed by atoms with Crippen molar-refractivity contribution in [2.75, 3.05) is 26.4 Å². The third kappa shape index (κ3) is 4.30. The first-order chi connectivity index (χ1) is 16.3. The van der Waals surface area contributed by atoms with E-state index in [1.165, 1.54) is 4.90 Å². The van der Waals surface area contributed by atoms with E-state index in [9.17, 15) is 27.9 Å². The number of carbonyl (C=O) groups is 2. The van der Waals surface area contributed by atoms with Gasteiger partial charge in [-0.1, -0.05) is 30.3 Å². The van der Waals surface area contributed by atoms with Gasteiger partial charge < -0.3 is 20.2 Å². The monoisotopic (exact) mass is 469 g/mol. The molecule has 2 N–H and O–H groups in total. The molecule has 2 aromatic rings. The molecule has 2 aliphatic rings. The lowest BCUT2D eigenvalue weighted by Gasteiger charge is -2.37. The molecule has 10 heteroatoms. The molecule has 3 atom stereocenters. The Morgan fingerprint density at radius 1 is 1.18 bits per heavy atom. The number of nitrogens with zero attached hydrogens (tertiary/aromatic N) is 2. The summed E-state index contributed by atoms with van der Waals surface area (Å²) in [4.78, 5) is 27.5. The van der Waals surface area contributed by atoms with Crippen LogP contribution in [0.25, 0.3) is 5.57 Å².